The number of rotatable bonds is 3. The Balaban J connectivity index is 1.62. The fraction of sp³-hybridized carbons (Fsp3) is 0.429. The molecule has 2 aromatic heterocycles. The molecule has 0 aliphatic carbocycles. The molecule has 1 saturated heterocycles. The third-order valence-corrected chi connectivity index (χ3v) is 5.18. The number of anilines is 1. The smallest absolute Gasteiger partial charge is 0.263 e. The molecule has 1 unspecified atom stereocenters. The van der Waals surface area contributed by atoms with E-state index >= 15 is 0 Å². The molecule has 2 aromatic rings. The number of likely N-dealkylation sites (tertiary alicyclic amines) is 1. The van der Waals surface area contributed by atoms with Gasteiger partial charge in [-0.25, -0.2) is 0 Å². The summed E-state index contributed by atoms with van der Waals surface area (Å²) in [6.45, 7) is 3.01. The van der Waals surface area contributed by atoms with Crippen LogP contribution in [0.3, 0.4) is 0 Å². The Morgan fingerprint density at radius 3 is 2.95 bits per heavy atom. The van der Waals surface area contributed by atoms with Crippen LogP contribution in [0.15, 0.2) is 17.5 Å². The Morgan fingerprint density at radius 2 is 2.27 bits per heavy atom. The normalized spacial score (nSPS) is 18.2. The van der Waals surface area contributed by atoms with E-state index in [0.29, 0.717) is 18.2 Å². The van der Waals surface area contributed by atoms with Gasteiger partial charge in [0.25, 0.3) is 5.91 Å². The van der Waals surface area contributed by atoms with Crippen LogP contribution in [0.25, 0.3) is 0 Å². The van der Waals surface area contributed by atoms with Crippen molar-refractivity contribution in [2.24, 2.45) is 5.92 Å². The molecule has 116 valence electrons. The number of amides is 2. The summed E-state index contributed by atoms with van der Waals surface area (Å²) in [6.07, 6.45) is 1.63. The molecule has 1 atom stereocenters. The lowest BCUT2D eigenvalue weighted by molar-refractivity contribution is -0.121. The minimum Gasteiger partial charge on any atom is -0.337 e. The molecule has 0 spiro atoms. The molecule has 22 heavy (non-hydrogen) atoms. The lowest BCUT2D eigenvalue weighted by Gasteiger charge is -2.31. The largest absolute Gasteiger partial charge is 0.337 e. The summed E-state index contributed by atoms with van der Waals surface area (Å²) in [5, 5.41) is 13.8. The van der Waals surface area contributed by atoms with E-state index < -0.39 is 0 Å². The van der Waals surface area contributed by atoms with E-state index in [2.05, 4.69) is 15.5 Å². The Bertz CT molecular complexity index is 668. The summed E-state index contributed by atoms with van der Waals surface area (Å²) >= 11 is 2.78. The molecular formula is C14H16N4O2S2. The highest BCUT2D eigenvalue weighted by Gasteiger charge is 2.29. The number of aromatic nitrogens is 2. The quantitative estimate of drug-likeness (QED) is 0.934. The maximum atomic E-state index is 12.4. The van der Waals surface area contributed by atoms with E-state index in [0.717, 1.165) is 22.7 Å². The Kier molecular flexibility index (Phi) is 4.49. The Hall–Kier alpha value is -1.80. The summed E-state index contributed by atoms with van der Waals surface area (Å²) in [5.41, 5.74) is 0. The van der Waals surface area contributed by atoms with Gasteiger partial charge in [0.2, 0.25) is 11.0 Å². The molecule has 0 saturated carbocycles. The molecule has 0 radical (unpaired) electrons. The average molecular weight is 336 g/mol. The number of nitrogens with zero attached hydrogens (tertiary/aromatic N) is 3. The van der Waals surface area contributed by atoms with Gasteiger partial charge in [0.15, 0.2) is 0 Å². The number of aryl methyl sites for hydroxylation is 1. The summed E-state index contributed by atoms with van der Waals surface area (Å²) in [6, 6.07) is 3.69. The van der Waals surface area contributed by atoms with Crippen LogP contribution in [0.4, 0.5) is 5.13 Å². The second-order valence-corrected chi connectivity index (χ2v) is 7.31. The molecule has 1 N–H and O–H groups in total. The highest BCUT2D eigenvalue weighted by molar-refractivity contribution is 7.15. The predicted octanol–water partition coefficient (Wildman–Crippen LogP) is 2.40. The van der Waals surface area contributed by atoms with Crippen LogP contribution in [0.2, 0.25) is 0 Å². The van der Waals surface area contributed by atoms with E-state index in [1.807, 2.05) is 24.4 Å². The summed E-state index contributed by atoms with van der Waals surface area (Å²) in [5.74, 6) is -0.263. The first-order valence-electron chi connectivity index (χ1n) is 7.07. The van der Waals surface area contributed by atoms with Crippen LogP contribution in [0.1, 0.15) is 27.5 Å². The number of hydrogen-bond donors (Lipinski definition) is 1. The van der Waals surface area contributed by atoms with E-state index in [4.69, 9.17) is 0 Å². The first kappa shape index (κ1) is 15.1. The maximum Gasteiger partial charge on any atom is 0.263 e. The number of carbonyl (C=O) groups excluding carboxylic acids is 2. The molecule has 0 bridgehead atoms. The van der Waals surface area contributed by atoms with Crippen LogP contribution < -0.4 is 5.32 Å². The zero-order chi connectivity index (χ0) is 15.5. The van der Waals surface area contributed by atoms with Crippen molar-refractivity contribution < 1.29 is 9.59 Å². The topological polar surface area (TPSA) is 75.2 Å². The Labute approximate surface area is 136 Å². The second-order valence-electron chi connectivity index (χ2n) is 5.18. The minimum atomic E-state index is -0.193. The van der Waals surface area contributed by atoms with Crippen LogP contribution in [0, 0.1) is 12.8 Å². The zero-order valence-corrected chi connectivity index (χ0v) is 13.7. The molecule has 3 rings (SSSR count). The van der Waals surface area contributed by atoms with Crippen LogP contribution in [-0.4, -0.2) is 40.0 Å². The fourth-order valence-electron chi connectivity index (χ4n) is 2.49. The number of carbonyl (C=O) groups is 2. The first-order chi connectivity index (χ1) is 10.6. The molecule has 1 aliphatic rings. The van der Waals surface area contributed by atoms with E-state index in [1.165, 1.54) is 22.7 Å². The lowest BCUT2D eigenvalue weighted by atomic mass is 9.97. The molecule has 6 nitrogen and oxygen atoms in total. The van der Waals surface area contributed by atoms with Crippen molar-refractivity contribution in [1.29, 1.82) is 0 Å². The minimum absolute atomic E-state index is 0.0132. The molecule has 0 aromatic carbocycles. The Morgan fingerprint density at radius 1 is 1.41 bits per heavy atom. The van der Waals surface area contributed by atoms with Crippen LogP contribution in [0.5, 0.6) is 0 Å². The summed E-state index contributed by atoms with van der Waals surface area (Å²) in [7, 11) is 0. The summed E-state index contributed by atoms with van der Waals surface area (Å²) in [4.78, 5) is 27.2. The van der Waals surface area contributed by atoms with Gasteiger partial charge >= 0.3 is 0 Å². The zero-order valence-electron chi connectivity index (χ0n) is 12.1. The van der Waals surface area contributed by atoms with Gasteiger partial charge in [-0.05, 0) is 31.2 Å². The van der Waals surface area contributed by atoms with Crippen molar-refractivity contribution in [3.8, 4) is 0 Å². The fourth-order valence-corrected chi connectivity index (χ4v) is 3.77. The highest BCUT2D eigenvalue weighted by atomic mass is 32.1. The average Bonchev–Trinajstić information content (AvgIpc) is 3.18. The van der Waals surface area contributed by atoms with Crippen molar-refractivity contribution in [2.75, 3.05) is 18.4 Å². The number of nitrogens with one attached hydrogen (secondary N) is 1. The van der Waals surface area contributed by atoms with Gasteiger partial charge < -0.3 is 10.2 Å². The monoisotopic (exact) mass is 336 g/mol. The maximum absolute atomic E-state index is 12.4. The van der Waals surface area contributed by atoms with Crippen molar-refractivity contribution in [2.45, 2.75) is 19.8 Å². The van der Waals surface area contributed by atoms with E-state index in [-0.39, 0.29) is 17.7 Å². The van der Waals surface area contributed by atoms with Gasteiger partial charge in [0, 0.05) is 13.1 Å². The van der Waals surface area contributed by atoms with Crippen molar-refractivity contribution >= 4 is 39.6 Å². The SMILES string of the molecule is Cc1nnc(NC(=O)C2CCCN(C(=O)c3cccs3)C2)s1. The van der Waals surface area contributed by atoms with Crippen molar-refractivity contribution in [1.82, 2.24) is 15.1 Å². The lowest BCUT2D eigenvalue weighted by Crippen LogP contribution is -2.43. The van der Waals surface area contributed by atoms with Gasteiger partial charge in [-0.3, -0.25) is 9.59 Å². The van der Waals surface area contributed by atoms with Gasteiger partial charge in [0.1, 0.15) is 5.01 Å². The molecule has 3 heterocycles. The summed E-state index contributed by atoms with van der Waals surface area (Å²) < 4.78 is 0. The van der Waals surface area contributed by atoms with E-state index in [9.17, 15) is 9.59 Å². The number of hydrogen-bond acceptors (Lipinski definition) is 6. The number of thiophene rings is 1. The second kappa shape index (κ2) is 6.53. The van der Waals surface area contributed by atoms with Gasteiger partial charge in [-0.2, -0.15) is 0 Å². The predicted molar refractivity (Wildman–Crippen MR) is 86.2 cm³/mol. The highest BCUT2D eigenvalue weighted by Crippen LogP contribution is 2.22. The van der Waals surface area contributed by atoms with Crippen molar-refractivity contribution in [3.63, 3.8) is 0 Å². The third-order valence-electron chi connectivity index (χ3n) is 3.57. The first-order valence-corrected chi connectivity index (χ1v) is 8.77. The molecular weight excluding hydrogens is 320 g/mol. The van der Waals surface area contributed by atoms with Gasteiger partial charge in [0.05, 0.1) is 10.8 Å². The van der Waals surface area contributed by atoms with Gasteiger partial charge in [-0.1, -0.05) is 17.4 Å². The third kappa shape index (κ3) is 3.33. The van der Waals surface area contributed by atoms with Gasteiger partial charge in [-0.15, -0.1) is 21.5 Å². The van der Waals surface area contributed by atoms with Crippen LogP contribution in [-0.2, 0) is 4.79 Å². The van der Waals surface area contributed by atoms with Crippen molar-refractivity contribution in [3.05, 3.63) is 27.4 Å². The molecule has 8 heteroatoms. The van der Waals surface area contributed by atoms with E-state index in [1.54, 1.807) is 4.90 Å². The molecule has 1 aliphatic heterocycles. The number of piperidine rings is 1. The molecule has 1 fully saturated rings. The van der Waals surface area contributed by atoms with Crippen LogP contribution >= 0.6 is 22.7 Å². The standard InChI is InChI=1S/C14H16N4O2S2/c1-9-16-17-14(22-9)15-12(19)10-4-2-6-18(8-10)13(20)11-5-3-7-21-11/h3,5,7,10H,2,4,6,8H2,1H3,(H,15,17,19). The molecule has 2 amide bonds.